The second-order valence-corrected chi connectivity index (χ2v) is 7.18. The van der Waals surface area contributed by atoms with E-state index in [-0.39, 0.29) is 0 Å². The smallest absolute Gasteiger partial charge is 0.243 e. The van der Waals surface area contributed by atoms with Gasteiger partial charge in [-0.15, -0.1) is 5.10 Å². The summed E-state index contributed by atoms with van der Waals surface area (Å²) in [7, 11) is 0. The van der Waals surface area contributed by atoms with Gasteiger partial charge in [-0.2, -0.15) is 4.98 Å². The minimum absolute atomic E-state index is 0.341. The van der Waals surface area contributed by atoms with Crippen LogP contribution in [-0.2, 0) is 6.42 Å². The maximum atomic E-state index is 4.72. The van der Waals surface area contributed by atoms with Crippen molar-refractivity contribution < 1.29 is 0 Å². The summed E-state index contributed by atoms with van der Waals surface area (Å²) in [6.07, 6.45) is 4.91. The number of imidazole rings is 1. The minimum Gasteiger partial charge on any atom is -0.366 e. The highest BCUT2D eigenvalue weighted by Crippen LogP contribution is 2.21. The Morgan fingerprint density at radius 2 is 1.81 bits per heavy atom. The maximum Gasteiger partial charge on any atom is 0.243 e. The molecule has 0 fully saturated rings. The first-order chi connectivity index (χ1) is 13.1. The molecule has 2 heterocycles. The van der Waals surface area contributed by atoms with Crippen LogP contribution in [0.5, 0.6) is 0 Å². The van der Waals surface area contributed by atoms with Crippen molar-refractivity contribution in [1.29, 1.82) is 0 Å². The Balaban J connectivity index is 1.87. The van der Waals surface area contributed by atoms with Crippen molar-refractivity contribution in [2.75, 3.05) is 17.2 Å². The van der Waals surface area contributed by atoms with E-state index in [9.17, 15) is 0 Å². The molecule has 0 atom stereocenters. The molecular weight excluding hydrogens is 336 g/mol. The first-order valence-corrected chi connectivity index (χ1v) is 9.92. The van der Waals surface area contributed by atoms with E-state index < -0.39 is 0 Å². The lowest BCUT2D eigenvalue weighted by molar-refractivity contribution is 0.657. The molecule has 3 aromatic rings. The van der Waals surface area contributed by atoms with Crippen LogP contribution in [0, 0.1) is 0 Å². The Kier molecular flexibility index (Phi) is 6.27. The maximum absolute atomic E-state index is 4.72. The lowest BCUT2D eigenvalue weighted by atomic mass is 10.1. The Bertz CT molecular complexity index is 852. The van der Waals surface area contributed by atoms with Crippen LogP contribution in [0.4, 0.5) is 11.8 Å². The van der Waals surface area contributed by atoms with Crippen molar-refractivity contribution in [1.82, 2.24) is 19.6 Å². The Morgan fingerprint density at radius 1 is 1.07 bits per heavy atom. The first-order valence-electron chi connectivity index (χ1n) is 9.92. The van der Waals surface area contributed by atoms with Gasteiger partial charge in [-0.3, -0.25) is 0 Å². The lowest BCUT2D eigenvalue weighted by Crippen LogP contribution is -2.21. The number of hydrogen-bond donors (Lipinski definition) is 2. The van der Waals surface area contributed by atoms with Crippen molar-refractivity contribution >= 4 is 17.4 Å². The number of nitrogens with zero attached hydrogens (tertiary/aromatic N) is 4. The first kappa shape index (κ1) is 19.1. The summed E-state index contributed by atoms with van der Waals surface area (Å²) in [6.45, 7) is 9.46. The van der Waals surface area contributed by atoms with E-state index >= 15 is 0 Å². The molecule has 2 N–H and O–H groups in total. The molecule has 0 aliphatic rings. The van der Waals surface area contributed by atoms with Gasteiger partial charge in [-0.1, -0.05) is 58.0 Å². The number of benzene rings is 1. The minimum atomic E-state index is 0.341. The predicted octanol–water partition coefficient (Wildman–Crippen LogP) is 4.50. The van der Waals surface area contributed by atoms with E-state index in [1.807, 2.05) is 16.8 Å². The molecule has 27 heavy (non-hydrogen) atoms. The number of rotatable bonds is 9. The predicted molar refractivity (Wildman–Crippen MR) is 111 cm³/mol. The molecule has 0 bridgehead atoms. The van der Waals surface area contributed by atoms with Crippen molar-refractivity contribution in [3.8, 4) is 0 Å². The van der Waals surface area contributed by atoms with Gasteiger partial charge in [-0.25, -0.2) is 9.50 Å². The van der Waals surface area contributed by atoms with Gasteiger partial charge in [0.1, 0.15) is 0 Å². The van der Waals surface area contributed by atoms with Gasteiger partial charge in [0.15, 0.2) is 11.5 Å². The van der Waals surface area contributed by atoms with Crippen LogP contribution in [0.1, 0.15) is 57.7 Å². The summed E-state index contributed by atoms with van der Waals surface area (Å²) in [4.78, 5) is 9.30. The van der Waals surface area contributed by atoms with Gasteiger partial charge in [0.05, 0.1) is 11.9 Å². The fraction of sp³-hybridized carbons (Fsp3) is 0.476. The van der Waals surface area contributed by atoms with Crippen molar-refractivity contribution in [3.63, 3.8) is 0 Å². The van der Waals surface area contributed by atoms with E-state index in [0.717, 1.165) is 43.0 Å². The molecule has 0 radical (unpaired) electrons. The molecule has 6 nitrogen and oxygen atoms in total. The second-order valence-electron chi connectivity index (χ2n) is 7.18. The van der Waals surface area contributed by atoms with Gasteiger partial charge in [0.2, 0.25) is 5.95 Å². The zero-order valence-corrected chi connectivity index (χ0v) is 16.7. The van der Waals surface area contributed by atoms with E-state index in [1.165, 1.54) is 5.56 Å². The zero-order valence-electron chi connectivity index (χ0n) is 16.7. The number of hydrogen-bond acceptors (Lipinski definition) is 5. The summed E-state index contributed by atoms with van der Waals surface area (Å²) >= 11 is 0. The van der Waals surface area contributed by atoms with Crippen LogP contribution >= 0.6 is 0 Å². The van der Waals surface area contributed by atoms with E-state index in [0.29, 0.717) is 17.9 Å². The topological polar surface area (TPSA) is 67.1 Å². The molecule has 1 aromatic carbocycles. The monoisotopic (exact) mass is 366 g/mol. The summed E-state index contributed by atoms with van der Waals surface area (Å²) in [5.74, 6) is 1.77. The summed E-state index contributed by atoms with van der Waals surface area (Å²) in [5.41, 5.74) is 3.17. The number of aromatic nitrogens is 4. The highest BCUT2D eigenvalue weighted by atomic mass is 15.4. The molecule has 0 saturated carbocycles. The zero-order chi connectivity index (χ0) is 19.2. The SMILES string of the molecule is CCC(CC)Nc1nc(NCCc2ccccc2)c2ncc(C(C)C)n2n1. The van der Waals surface area contributed by atoms with E-state index in [2.05, 4.69) is 67.6 Å². The third-order valence-corrected chi connectivity index (χ3v) is 4.85. The molecule has 6 heteroatoms. The number of nitrogens with one attached hydrogen (secondary N) is 2. The third-order valence-electron chi connectivity index (χ3n) is 4.85. The Morgan fingerprint density at radius 3 is 2.48 bits per heavy atom. The van der Waals surface area contributed by atoms with Crippen molar-refractivity contribution in [2.45, 2.75) is 58.9 Å². The van der Waals surface area contributed by atoms with Gasteiger partial charge in [-0.05, 0) is 30.7 Å². The summed E-state index contributed by atoms with van der Waals surface area (Å²) < 4.78 is 1.92. The van der Waals surface area contributed by atoms with Gasteiger partial charge in [0.25, 0.3) is 0 Å². The van der Waals surface area contributed by atoms with Crippen LogP contribution in [0.3, 0.4) is 0 Å². The molecule has 3 rings (SSSR count). The Labute approximate surface area is 161 Å². The fourth-order valence-electron chi connectivity index (χ4n) is 3.12. The molecule has 144 valence electrons. The van der Waals surface area contributed by atoms with Crippen molar-refractivity contribution in [3.05, 3.63) is 47.8 Å². The number of fused-ring (bicyclic) bond motifs is 1. The van der Waals surface area contributed by atoms with Gasteiger partial charge < -0.3 is 10.6 Å². The molecule has 0 unspecified atom stereocenters. The normalized spacial score (nSPS) is 11.5. The quantitative estimate of drug-likeness (QED) is 0.583. The fourth-order valence-corrected chi connectivity index (χ4v) is 3.12. The highest BCUT2D eigenvalue weighted by Gasteiger charge is 2.16. The van der Waals surface area contributed by atoms with Crippen LogP contribution in [0.15, 0.2) is 36.5 Å². The molecule has 2 aromatic heterocycles. The average Bonchev–Trinajstić information content (AvgIpc) is 3.11. The lowest BCUT2D eigenvalue weighted by Gasteiger charge is -2.16. The summed E-state index contributed by atoms with van der Waals surface area (Å²) in [5, 5.41) is 11.6. The molecule has 0 amide bonds. The molecular formula is C21H30N6. The molecule has 0 aliphatic carbocycles. The second kappa shape index (κ2) is 8.84. The van der Waals surface area contributed by atoms with E-state index in [4.69, 9.17) is 10.1 Å². The largest absolute Gasteiger partial charge is 0.366 e. The van der Waals surface area contributed by atoms with Crippen LogP contribution < -0.4 is 10.6 Å². The summed E-state index contributed by atoms with van der Waals surface area (Å²) in [6, 6.07) is 10.8. The molecule has 0 aliphatic heterocycles. The highest BCUT2D eigenvalue weighted by molar-refractivity contribution is 5.64. The Hall–Kier alpha value is -2.63. The number of anilines is 2. The van der Waals surface area contributed by atoms with E-state index in [1.54, 1.807) is 0 Å². The van der Waals surface area contributed by atoms with Gasteiger partial charge in [0, 0.05) is 12.6 Å². The van der Waals surface area contributed by atoms with Crippen LogP contribution in [0.2, 0.25) is 0 Å². The van der Waals surface area contributed by atoms with Crippen LogP contribution in [-0.4, -0.2) is 32.2 Å². The average molecular weight is 367 g/mol. The molecule has 0 spiro atoms. The standard InChI is InChI=1S/C21H30N6/c1-5-17(6-2)24-21-25-19(22-13-12-16-10-8-7-9-11-16)20-23-14-18(15(3)4)27(20)26-21/h7-11,14-15,17H,5-6,12-13H2,1-4H3,(H2,22,24,25,26). The molecule has 0 saturated heterocycles. The van der Waals surface area contributed by atoms with Crippen molar-refractivity contribution in [2.24, 2.45) is 0 Å². The third kappa shape index (κ3) is 4.56. The van der Waals surface area contributed by atoms with Gasteiger partial charge >= 0.3 is 0 Å². The van der Waals surface area contributed by atoms with Crippen LogP contribution in [0.25, 0.3) is 5.65 Å².